The summed E-state index contributed by atoms with van der Waals surface area (Å²) in [4.78, 5) is 0. The molecule has 0 aliphatic carbocycles. The summed E-state index contributed by atoms with van der Waals surface area (Å²) in [7, 11) is 0. The second kappa shape index (κ2) is 6.33. The summed E-state index contributed by atoms with van der Waals surface area (Å²) in [6.45, 7) is 1.80. The van der Waals surface area contributed by atoms with Crippen LogP contribution in [0.5, 0.6) is 5.75 Å². The van der Waals surface area contributed by atoms with Gasteiger partial charge >= 0.3 is 0 Å². The van der Waals surface area contributed by atoms with Crippen LogP contribution in [0.15, 0.2) is 40.9 Å². The summed E-state index contributed by atoms with van der Waals surface area (Å²) in [6, 6.07) is 8.50. The van der Waals surface area contributed by atoms with Crippen LogP contribution in [-0.4, -0.2) is 0 Å². The van der Waals surface area contributed by atoms with Crippen LogP contribution in [0.25, 0.3) is 0 Å². The highest BCUT2D eigenvalue weighted by atomic mass is 79.9. The molecule has 0 aliphatic heterocycles. The lowest BCUT2D eigenvalue weighted by atomic mass is 10.1. The van der Waals surface area contributed by atoms with Crippen molar-refractivity contribution in [1.29, 1.82) is 0 Å². The van der Waals surface area contributed by atoms with Gasteiger partial charge in [-0.2, -0.15) is 0 Å². The molecule has 0 amide bonds. The van der Waals surface area contributed by atoms with Crippen LogP contribution < -0.4 is 10.5 Å². The molecule has 0 heterocycles. The molecule has 0 aromatic heterocycles. The average molecular weight is 342 g/mol. The Morgan fingerprint density at radius 2 is 1.95 bits per heavy atom. The Labute approximate surface area is 124 Å². The van der Waals surface area contributed by atoms with E-state index in [1.807, 2.05) is 0 Å². The Kier molecular flexibility index (Phi) is 4.73. The second-order valence-corrected chi connectivity index (χ2v) is 5.41. The van der Waals surface area contributed by atoms with E-state index in [0.717, 1.165) is 0 Å². The highest BCUT2D eigenvalue weighted by Crippen LogP contribution is 2.26. The van der Waals surface area contributed by atoms with Crippen molar-refractivity contribution in [2.75, 3.05) is 0 Å². The van der Waals surface area contributed by atoms with Crippen molar-refractivity contribution in [1.82, 2.24) is 0 Å². The number of halogens is 3. The standard InChI is InChI=1S/C15H14BrF2NO/c1-9(19)13-7-12(17)4-5-15(13)20-8-10-2-3-11(16)6-14(10)18/h2-7,9H,8,19H2,1H3. The van der Waals surface area contributed by atoms with E-state index in [4.69, 9.17) is 10.5 Å². The number of nitrogens with two attached hydrogens (primary N) is 1. The molecule has 0 radical (unpaired) electrons. The smallest absolute Gasteiger partial charge is 0.130 e. The molecular weight excluding hydrogens is 328 g/mol. The minimum absolute atomic E-state index is 0.0600. The fraction of sp³-hybridized carbons (Fsp3) is 0.200. The zero-order valence-corrected chi connectivity index (χ0v) is 12.5. The molecule has 0 fully saturated rings. The van der Waals surface area contributed by atoms with Gasteiger partial charge in [-0.1, -0.05) is 22.0 Å². The SMILES string of the molecule is CC(N)c1cc(F)ccc1OCc1ccc(Br)cc1F. The molecule has 2 nitrogen and oxygen atoms in total. The first-order chi connectivity index (χ1) is 9.47. The van der Waals surface area contributed by atoms with Crippen molar-refractivity contribution in [3.63, 3.8) is 0 Å². The topological polar surface area (TPSA) is 35.2 Å². The fourth-order valence-corrected chi connectivity index (χ4v) is 2.13. The van der Waals surface area contributed by atoms with Crippen molar-refractivity contribution in [2.45, 2.75) is 19.6 Å². The Bertz CT molecular complexity index is 617. The highest BCUT2D eigenvalue weighted by Gasteiger charge is 2.11. The molecule has 1 unspecified atom stereocenters. The molecule has 106 valence electrons. The zero-order valence-electron chi connectivity index (χ0n) is 10.9. The van der Waals surface area contributed by atoms with Crippen molar-refractivity contribution in [3.8, 4) is 5.75 Å². The van der Waals surface area contributed by atoms with Crippen molar-refractivity contribution >= 4 is 15.9 Å². The monoisotopic (exact) mass is 341 g/mol. The molecule has 2 rings (SSSR count). The molecular formula is C15H14BrF2NO. The summed E-state index contributed by atoms with van der Waals surface area (Å²) < 4.78 is 33.1. The molecule has 0 bridgehead atoms. The largest absolute Gasteiger partial charge is 0.488 e. The molecule has 0 saturated carbocycles. The van der Waals surface area contributed by atoms with Gasteiger partial charge in [-0.05, 0) is 37.3 Å². The zero-order chi connectivity index (χ0) is 14.7. The summed E-state index contributed by atoms with van der Waals surface area (Å²) in [6.07, 6.45) is 0. The van der Waals surface area contributed by atoms with E-state index in [1.54, 1.807) is 19.1 Å². The Hall–Kier alpha value is -1.46. The fourth-order valence-electron chi connectivity index (χ4n) is 1.80. The minimum atomic E-state index is -0.375. The molecule has 2 N–H and O–H groups in total. The van der Waals surface area contributed by atoms with Gasteiger partial charge < -0.3 is 10.5 Å². The van der Waals surface area contributed by atoms with Crippen molar-refractivity contribution in [2.24, 2.45) is 5.73 Å². The predicted molar refractivity (Wildman–Crippen MR) is 77.4 cm³/mol. The van der Waals surface area contributed by atoms with Gasteiger partial charge in [0.15, 0.2) is 0 Å². The summed E-state index contributed by atoms with van der Waals surface area (Å²) in [5, 5.41) is 0. The van der Waals surface area contributed by atoms with E-state index in [-0.39, 0.29) is 24.3 Å². The lowest BCUT2D eigenvalue weighted by Crippen LogP contribution is -2.09. The van der Waals surface area contributed by atoms with Crippen LogP contribution in [0, 0.1) is 11.6 Å². The quantitative estimate of drug-likeness (QED) is 0.898. The first kappa shape index (κ1) is 14.9. The van der Waals surface area contributed by atoms with E-state index in [1.165, 1.54) is 24.3 Å². The molecule has 0 aliphatic rings. The van der Waals surface area contributed by atoms with Gasteiger partial charge in [-0.3, -0.25) is 0 Å². The highest BCUT2D eigenvalue weighted by molar-refractivity contribution is 9.10. The average Bonchev–Trinajstić information content (AvgIpc) is 2.38. The maximum atomic E-state index is 13.7. The third-order valence-corrected chi connectivity index (χ3v) is 3.35. The van der Waals surface area contributed by atoms with Gasteiger partial charge in [0.1, 0.15) is 24.0 Å². The molecule has 2 aromatic carbocycles. The van der Waals surface area contributed by atoms with E-state index in [0.29, 0.717) is 21.3 Å². The lowest BCUT2D eigenvalue weighted by Gasteiger charge is -2.14. The van der Waals surface area contributed by atoms with Crippen LogP contribution in [0.2, 0.25) is 0 Å². The van der Waals surface area contributed by atoms with E-state index < -0.39 is 0 Å². The van der Waals surface area contributed by atoms with Gasteiger partial charge in [-0.15, -0.1) is 0 Å². The Balaban J connectivity index is 2.18. The molecule has 1 atom stereocenters. The van der Waals surface area contributed by atoms with Crippen LogP contribution in [0.3, 0.4) is 0 Å². The van der Waals surface area contributed by atoms with Crippen LogP contribution in [0.4, 0.5) is 8.78 Å². The number of benzene rings is 2. The molecule has 0 spiro atoms. The number of ether oxygens (including phenoxy) is 1. The van der Waals surface area contributed by atoms with E-state index in [9.17, 15) is 8.78 Å². The maximum absolute atomic E-state index is 13.7. The first-order valence-electron chi connectivity index (χ1n) is 6.09. The second-order valence-electron chi connectivity index (χ2n) is 4.50. The van der Waals surface area contributed by atoms with E-state index >= 15 is 0 Å². The lowest BCUT2D eigenvalue weighted by molar-refractivity contribution is 0.294. The summed E-state index contributed by atoms with van der Waals surface area (Å²) in [5.74, 6) is -0.271. The molecule has 20 heavy (non-hydrogen) atoms. The van der Waals surface area contributed by atoms with Crippen molar-refractivity contribution in [3.05, 3.63) is 63.6 Å². The number of hydrogen-bond acceptors (Lipinski definition) is 2. The van der Waals surface area contributed by atoms with E-state index in [2.05, 4.69) is 15.9 Å². The van der Waals surface area contributed by atoms with Crippen LogP contribution >= 0.6 is 15.9 Å². The number of rotatable bonds is 4. The third kappa shape index (κ3) is 3.55. The van der Waals surface area contributed by atoms with Gasteiger partial charge in [0.05, 0.1) is 0 Å². The first-order valence-corrected chi connectivity index (χ1v) is 6.88. The predicted octanol–water partition coefficient (Wildman–Crippen LogP) is 4.33. The van der Waals surface area contributed by atoms with Gasteiger partial charge in [0, 0.05) is 21.6 Å². The summed E-state index contributed by atoms with van der Waals surface area (Å²) >= 11 is 3.19. The van der Waals surface area contributed by atoms with Crippen molar-refractivity contribution < 1.29 is 13.5 Å². The summed E-state index contributed by atoms with van der Waals surface area (Å²) in [5.41, 5.74) is 6.76. The minimum Gasteiger partial charge on any atom is -0.488 e. The molecule has 5 heteroatoms. The number of hydrogen-bond donors (Lipinski definition) is 1. The normalized spacial score (nSPS) is 12.2. The van der Waals surface area contributed by atoms with Gasteiger partial charge in [0.2, 0.25) is 0 Å². The van der Waals surface area contributed by atoms with Crippen LogP contribution in [0.1, 0.15) is 24.1 Å². The van der Waals surface area contributed by atoms with Gasteiger partial charge in [0.25, 0.3) is 0 Å². The Morgan fingerprint density at radius 1 is 1.20 bits per heavy atom. The third-order valence-electron chi connectivity index (χ3n) is 2.86. The Morgan fingerprint density at radius 3 is 2.60 bits per heavy atom. The maximum Gasteiger partial charge on any atom is 0.130 e. The van der Waals surface area contributed by atoms with Crippen LogP contribution in [-0.2, 0) is 6.61 Å². The van der Waals surface area contributed by atoms with Gasteiger partial charge in [-0.25, -0.2) is 8.78 Å². The molecule has 2 aromatic rings. The molecule has 0 saturated heterocycles.